The summed E-state index contributed by atoms with van der Waals surface area (Å²) in [7, 11) is 0. The van der Waals surface area contributed by atoms with Crippen molar-refractivity contribution in [1.82, 2.24) is 40.2 Å². The number of rotatable bonds is 5. The summed E-state index contributed by atoms with van der Waals surface area (Å²) in [5, 5.41) is 15.9. The lowest BCUT2D eigenvalue weighted by molar-refractivity contribution is 0.0896. The van der Waals surface area contributed by atoms with Crippen LogP contribution in [0.15, 0.2) is 41.1 Å². The van der Waals surface area contributed by atoms with Gasteiger partial charge in [-0.3, -0.25) is 9.48 Å². The molecule has 0 fully saturated rings. The van der Waals surface area contributed by atoms with Gasteiger partial charge in [0.15, 0.2) is 5.65 Å². The van der Waals surface area contributed by atoms with Crippen LogP contribution in [0.2, 0.25) is 0 Å². The van der Waals surface area contributed by atoms with Gasteiger partial charge in [0, 0.05) is 29.4 Å². The lowest BCUT2D eigenvalue weighted by atomic mass is 9.94. The number of carbonyl (C=O) groups excluding carboxylic acids is 1. The van der Waals surface area contributed by atoms with Crippen LogP contribution in [0.4, 0.5) is 0 Å². The molecule has 1 aliphatic carbocycles. The number of carbonyl (C=O) groups is 1. The minimum absolute atomic E-state index is 0.000688. The van der Waals surface area contributed by atoms with Gasteiger partial charge in [0.05, 0.1) is 22.8 Å². The van der Waals surface area contributed by atoms with Crippen molar-refractivity contribution in [2.24, 2.45) is 0 Å². The predicted octanol–water partition coefficient (Wildman–Crippen LogP) is 6.26. The lowest BCUT2D eigenvalue weighted by Gasteiger charge is -2.19. The summed E-state index contributed by atoms with van der Waals surface area (Å²) in [6.07, 6.45) is 7.70. The van der Waals surface area contributed by atoms with Gasteiger partial charge < -0.3 is 14.7 Å². The van der Waals surface area contributed by atoms with Gasteiger partial charge in [-0.2, -0.15) is 5.10 Å². The van der Waals surface area contributed by atoms with E-state index in [0.29, 0.717) is 11.5 Å². The third-order valence-electron chi connectivity index (χ3n) is 7.68. The summed E-state index contributed by atoms with van der Waals surface area (Å²) < 4.78 is 7.64. The fourth-order valence-corrected chi connectivity index (χ4v) is 5.39. The molecule has 212 valence electrons. The molecule has 0 saturated carbocycles. The van der Waals surface area contributed by atoms with Crippen LogP contribution in [0.25, 0.3) is 33.7 Å². The van der Waals surface area contributed by atoms with Gasteiger partial charge in [0.25, 0.3) is 0 Å². The topological polar surface area (TPSA) is 127 Å². The minimum atomic E-state index is -0.341. The number of aromatic amines is 1. The second kappa shape index (κ2) is 10.2. The number of aromatic nitrogens is 7. The molecule has 4 heterocycles. The molecular weight excluding hydrogens is 516 g/mol. The van der Waals surface area contributed by atoms with Crippen LogP contribution in [-0.4, -0.2) is 40.8 Å². The van der Waals surface area contributed by atoms with Gasteiger partial charge in [-0.05, 0) is 62.8 Å². The summed E-state index contributed by atoms with van der Waals surface area (Å²) in [6, 6.07) is 8.65. The van der Waals surface area contributed by atoms with Crippen molar-refractivity contribution in [2.75, 3.05) is 0 Å². The van der Waals surface area contributed by atoms with E-state index < -0.39 is 0 Å². The number of aryl methyl sites for hydroxylation is 2. The van der Waals surface area contributed by atoms with Crippen LogP contribution >= 0.6 is 0 Å². The Labute approximate surface area is 239 Å². The zero-order chi connectivity index (χ0) is 28.9. The van der Waals surface area contributed by atoms with Crippen LogP contribution in [0, 0.1) is 6.92 Å². The van der Waals surface area contributed by atoms with Crippen molar-refractivity contribution in [3.8, 4) is 22.5 Å². The van der Waals surface area contributed by atoms with Crippen molar-refractivity contribution in [3.05, 3.63) is 65.3 Å². The minimum Gasteiger partial charge on any atom is -0.416 e. The molecular formula is C31H36N8O2. The highest BCUT2D eigenvalue weighted by atomic mass is 16.4. The molecule has 0 saturated heterocycles. The monoisotopic (exact) mass is 552 g/mol. The van der Waals surface area contributed by atoms with E-state index in [4.69, 9.17) is 9.40 Å². The first-order valence-corrected chi connectivity index (χ1v) is 14.3. The van der Waals surface area contributed by atoms with Crippen LogP contribution in [0.1, 0.15) is 99.4 Å². The quantitative estimate of drug-likeness (QED) is 0.247. The molecule has 41 heavy (non-hydrogen) atoms. The second-order valence-electron chi connectivity index (χ2n) is 12.2. The first-order valence-electron chi connectivity index (χ1n) is 14.3. The molecule has 10 nitrogen and oxygen atoms in total. The van der Waals surface area contributed by atoms with E-state index in [1.54, 1.807) is 6.20 Å². The Morgan fingerprint density at radius 2 is 1.98 bits per heavy atom. The van der Waals surface area contributed by atoms with E-state index in [2.05, 4.69) is 62.6 Å². The highest BCUT2D eigenvalue weighted by Crippen LogP contribution is 2.35. The van der Waals surface area contributed by atoms with Gasteiger partial charge in [0.2, 0.25) is 5.89 Å². The molecule has 4 aromatic heterocycles. The van der Waals surface area contributed by atoms with E-state index in [-0.39, 0.29) is 29.3 Å². The number of nitrogens with zero attached hydrogens (tertiary/aromatic N) is 6. The highest BCUT2D eigenvalue weighted by Gasteiger charge is 2.27. The predicted molar refractivity (Wildman–Crippen MR) is 156 cm³/mol. The zero-order valence-corrected chi connectivity index (χ0v) is 24.4. The number of amides is 1. The van der Waals surface area contributed by atoms with Gasteiger partial charge >= 0.3 is 11.8 Å². The van der Waals surface area contributed by atoms with Crippen LogP contribution in [-0.2, 0) is 11.8 Å². The summed E-state index contributed by atoms with van der Waals surface area (Å²) >= 11 is 0. The third-order valence-corrected chi connectivity index (χ3v) is 7.68. The molecule has 0 unspecified atom stereocenters. The summed E-state index contributed by atoms with van der Waals surface area (Å²) in [5.74, 6) is 0.869. The Bertz CT molecular complexity index is 1740. The number of imidazole rings is 1. The number of H-pyrrole nitrogens is 1. The van der Waals surface area contributed by atoms with Gasteiger partial charge in [-0.15, -0.1) is 10.2 Å². The number of pyridine rings is 1. The lowest BCUT2D eigenvalue weighted by Crippen LogP contribution is -2.29. The summed E-state index contributed by atoms with van der Waals surface area (Å²) in [6.45, 7) is 12.1. The maximum absolute atomic E-state index is 13.1. The fourth-order valence-electron chi connectivity index (χ4n) is 5.39. The van der Waals surface area contributed by atoms with Gasteiger partial charge in [-0.1, -0.05) is 45.4 Å². The van der Waals surface area contributed by atoms with E-state index in [1.807, 2.05) is 44.6 Å². The first kappa shape index (κ1) is 26.9. The van der Waals surface area contributed by atoms with Crippen LogP contribution < -0.4 is 5.32 Å². The number of nitrogens with one attached hydrogen (secondary N) is 2. The van der Waals surface area contributed by atoms with Crippen molar-refractivity contribution in [3.63, 3.8) is 0 Å². The van der Waals surface area contributed by atoms with Crippen LogP contribution in [0.3, 0.4) is 0 Å². The molecule has 6 rings (SSSR count). The SMILES string of the molecule is Cc1nn(C(C)C)cc1-c1nc2nccc(-c3ccc4c(c3)CCCC[C@H]4NC(=O)c3nnc(C(C)(C)C)o3)c2[nH]1. The average molecular weight is 553 g/mol. The number of benzene rings is 1. The largest absolute Gasteiger partial charge is 0.416 e. The Hall–Kier alpha value is -4.34. The number of fused-ring (bicyclic) bond motifs is 2. The Kier molecular flexibility index (Phi) is 6.71. The van der Waals surface area contributed by atoms with Gasteiger partial charge in [0.1, 0.15) is 5.82 Å². The van der Waals surface area contributed by atoms with Crippen LogP contribution in [0.5, 0.6) is 0 Å². The van der Waals surface area contributed by atoms with Crippen molar-refractivity contribution in [2.45, 2.75) is 84.7 Å². The Morgan fingerprint density at radius 3 is 2.71 bits per heavy atom. The van der Waals surface area contributed by atoms with E-state index >= 15 is 0 Å². The van der Waals surface area contributed by atoms with Crippen molar-refractivity contribution in [1.29, 1.82) is 0 Å². The first-order chi connectivity index (χ1) is 19.6. The molecule has 0 bridgehead atoms. The fraction of sp³-hybridized carbons (Fsp3) is 0.419. The van der Waals surface area contributed by atoms with Crippen molar-refractivity contribution >= 4 is 17.1 Å². The molecule has 10 heteroatoms. The number of hydrogen-bond acceptors (Lipinski definition) is 7. The standard InChI is InChI=1S/C31H36N8O2/c1-17(2)39-16-23(18(3)38-39)26-34-25-22(13-14-32-27(25)35-26)20-11-12-21-19(15-20)9-7-8-10-24(21)33-28(40)29-36-37-30(41-29)31(4,5)6/h11-17,24H,7-10H2,1-6H3,(H,33,40)(H,32,34,35)/t24-/m1/s1. The maximum Gasteiger partial charge on any atom is 0.309 e. The summed E-state index contributed by atoms with van der Waals surface area (Å²) in [4.78, 5) is 25.9. The number of hydrogen-bond donors (Lipinski definition) is 2. The highest BCUT2D eigenvalue weighted by molar-refractivity contribution is 5.92. The molecule has 2 N–H and O–H groups in total. The third kappa shape index (κ3) is 5.14. The molecule has 5 aromatic rings. The molecule has 1 aromatic carbocycles. The smallest absolute Gasteiger partial charge is 0.309 e. The van der Waals surface area contributed by atoms with E-state index in [0.717, 1.165) is 65.0 Å². The second-order valence-corrected chi connectivity index (χ2v) is 12.2. The summed E-state index contributed by atoms with van der Waals surface area (Å²) in [5.41, 5.74) is 7.61. The molecule has 0 aliphatic heterocycles. The molecule has 1 amide bonds. The Balaban J connectivity index is 1.31. The molecule has 1 atom stereocenters. The molecule has 1 aliphatic rings. The molecule has 0 radical (unpaired) electrons. The normalized spacial score (nSPS) is 15.7. The maximum atomic E-state index is 13.1. The van der Waals surface area contributed by atoms with Crippen molar-refractivity contribution < 1.29 is 9.21 Å². The average Bonchev–Trinajstić information content (AvgIpc) is 3.65. The molecule has 0 spiro atoms. The van der Waals surface area contributed by atoms with E-state index in [9.17, 15) is 4.79 Å². The zero-order valence-electron chi connectivity index (χ0n) is 24.4. The van der Waals surface area contributed by atoms with Gasteiger partial charge in [-0.25, -0.2) is 9.97 Å². The van der Waals surface area contributed by atoms with E-state index in [1.165, 1.54) is 5.56 Å². The Morgan fingerprint density at radius 1 is 1.15 bits per heavy atom.